The molecule has 0 saturated carbocycles. The van der Waals surface area contributed by atoms with Gasteiger partial charge in [0.05, 0.1) is 6.54 Å². The zero-order valence-corrected chi connectivity index (χ0v) is 15.8. The number of tetrazole rings is 1. The van der Waals surface area contributed by atoms with Crippen LogP contribution in [0.25, 0.3) is 0 Å². The molecule has 3 fully saturated rings. The van der Waals surface area contributed by atoms with Gasteiger partial charge in [-0.3, -0.25) is 9.59 Å². The molecule has 3 aliphatic heterocycles. The largest absolute Gasteiger partial charge is 0.339 e. The van der Waals surface area contributed by atoms with Gasteiger partial charge in [0, 0.05) is 37.7 Å². The van der Waals surface area contributed by atoms with Gasteiger partial charge in [0.1, 0.15) is 6.33 Å². The van der Waals surface area contributed by atoms with Gasteiger partial charge in [-0.15, -0.1) is 5.10 Å². The lowest BCUT2D eigenvalue weighted by atomic mass is 9.76. The molecule has 2 amide bonds. The van der Waals surface area contributed by atoms with Crippen molar-refractivity contribution in [3.05, 3.63) is 41.7 Å². The second-order valence-electron chi connectivity index (χ2n) is 8.28. The molecule has 1 aromatic heterocycles. The van der Waals surface area contributed by atoms with Gasteiger partial charge in [-0.05, 0) is 59.2 Å². The van der Waals surface area contributed by atoms with Crippen LogP contribution in [0, 0.1) is 11.8 Å². The summed E-state index contributed by atoms with van der Waals surface area (Å²) < 4.78 is 1.65. The van der Waals surface area contributed by atoms with Gasteiger partial charge >= 0.3 is 0 Å². The van der Waals surface area contributed by atoms with Crippen molar-refractivity contribution >= 4 is 11.8 Å². The molecule has 4 heterocycles. The number of amides is 2. The first-order valence-electron chi connectivity index (χ1n) is 10.1. The Morgan fingerprint density at radius 2 is 2.00 bits per heavy atom. The van der Waals surface area contributed by atoms with Crippen molar-refractivity contribution in [2.24, 2.45) is 11.8 Å². The van der Waals surface area contributed by atoms with Gasteiger partial charge in [0.15, 0.2) is 0 Å². The van der Waals surface area contributed by atoms with Gasteiger partial charge in [0.2, 0.25) is 5.91 Å². The summed E-state index contributed by atoms with van der Waals surface area (Å²) in [6, 6.07) is 8.03. The standard InChI is InChI=1S/C20H24N6O2/c27-19-3-1-2-18-17-8-15(11-26(18)19)9-24(12-17)20(28)16-6-4-14(5-7-16)10-25-13-21-22-23-25/h4-7,13,15,17-18H,1-3,8-12H2/t15-,17+,18-/m1/s1. The van der Waals surface area contributed by atoms with Crippen LogP contribution in [0.3, 0.4) is 0 Å². The quantitative estimate of drug-likeness (QED) is 0.799. The number of piperidine rings is 3. The molecular weight excluding hydrogens is 356 g/mol. The zero-order valence-electron chi connectivity index (χ0n) is 15.8. The summed E-state index contributed by atoms with van der Waals surface area (Å²) in [4.78, 5) is 29.5. The van der Waals surface area contributed by atoms with E-state index < -0.39 is 0 Å². The second-order valence-corrected chi connectivity index (χ2v) is 8.28. The Morgan fingerprint density at radius 3 is 2.79 bits per heavy atom. The summed E-state index contributed by atoms with van der Waals surface area (Å²) in [5.74, 6) is 1.23. The van der Waals surface area contributed by atoms with Crippen LogP contribution < -0.4 is 0 Å². The predicted octanol–water partition coefficient (Wildman–Crippen LogP) is 1.19. The van der Waals surface area contributed by atoms with Crippen molar-refractivity contribution < 1.29 is 9.59 Å². The number of carbonyl (C=O) groups is 2. The highest BCUT2D eigenvalue weighted by Crippen LogP contribution is 2.38. The first-order chi connectivity index (χ1) is 13.7. The van der Waals surface area contributed by atoms with E-state index >= 15 is 0 Å². The molecule has 2 bridgehead atoms. The predicted molar refractivity (Wildman–Crippen MR) is 100 cm³/mol. The van der Waals surface area contributed by atoms with Crippen molar-refractivity contribution in [3.8, 4) is 0 Å². The van der Waals surface area contributed by atoms with Crippen LogP contribution in [0.15, 0.2) is 30.6 Å². The van der Waals surface area contributed by atoms with Crippen molar-refractivity contribution in [2.45, 2.75) is 38.3 Å². The molecule has 0 unspecified atom stereocenters. The molecule has 0 spiro atoms. The first-order valence-corrected chi connectivity index (χ1v) is 10.1. The number of carbonyl (C=O) groups excluding carboxylic acids is 2. The average Bonchev–Trinajstić information content (AvgIpc) is 3.22. The molecule has 3 atom stereocenters. The van der Waals surface area contributed by atoms with E-state index in [1.54, 1.807) is 11.0 Å². The molecule has 146 valence electrons. The number of hydrogen-bond acceptors (Lipinski definition) is 5. The Morgan fingerprint density at radius 1 is 1.14 bits per heavy atom. The summed E-state index contributed by atoms with van der Waals surface area (Å²) in [6.07, 6.45) is 5.47. The van der Waals surface area contributed by atoms with Crippen LogP contribution >= 0.6 is 0 Å². The van der Waals surface area contributed by atoms with Crippen LogP contribution in [0.1, 0.15) is 41.6 Å². The topological polar surface area (TPSA) is 84.2 Å². The third-order valence-corrected chi connectivity index (χ3v) is 6.40. The van der Waals surface area contributed by atoms with E-state index in [0.29, 0.717) is 36.8 Å². The van der Waals surface area contributed by atoms with Crippen LogP contribution in [0.2, 0.25) is 0 Å². The smallest absolute Gasteiger partial charge is 0.253 e. The summed E-state index contributed by atoms with van der Waals surface area (Å²) in [5, 5.41) is 11.1. The van der Waals surface area contributed by atoms with E-state index in [1.165, 1.54) is 0 Å². The minimum Gasteiger partial charge on any atom is -0.339 e. The maximum atomic E-state index is 13.1. The fourth-order valence-corrected chi connectivity index (χ4v) is 5.15. The Balaban J connectivity index is 1.28. The van der Waals surface area contributed by atoms with Crippen molar-refractivity contribution in [1.82, 2.24) is 30.0 Å². The molecule has 0 aliphatic carbocycles. The number of nitrogens with zero attached hydrogens (tertiary/aromatic N) is 6. The summed E-state index contributed by atoms with van der Waals surface area (Å²) in [7, 11) is 0. The maximum absolute atomic E-state index is 13.1. The normalized spacial score (nSPS) is 26.9. The Labute approximate surface area is 163 Å². The molecule has 2 aromatic rings. The highest BCUT2D eigenvalue weighted by atomic mass is 16.2. The number of rotatable bonds is 3. The lowest BCUT2D eigenvalue weighted by Crippen LogP contribution is -2.61. The van der Waals surface area contributed by atoms with Crippen LogP contribution in [-0.4, -0.2) is 67.5 Å². The Bertz CT molecular complexity index is 865. The lowest BCUT2D eigenvalue weighted by Gasteiger charge is -2.52. The van der Waals surface area contributed by atoms with Crippen molar-refractivity contribution in [1.29, 1.82) is 0 Å². The molecule has 8 nitrogen and oxygen atoms in total. The van der Waals surface area contributed by atoms with E-state index in [9.17, 15) is 9.59 Å². The summed E-state index contributed by atoms with van der Waals surface area (Å²) >= 11 is 0. The molecule has 1 aromatic carbocycles. The van der Waals surface area contributed by atoms with Gasteiger partial charge in [-0.2, -0.15) is 0 Å². The fourth-order valence-electron chi connectivity index (χ4n) is 5.15. The molecule has 28 heavy (non-hydrogen) atoms. The molecular formula is C20H24N6O2. The average molecular weight is 380 g/mol. The summed E-state index contributed by atoms with van der Waals surface area (Å²) in [6.45, 7) is 2.91. The lowest BCUT2D eigenvalue weighted by molar-refractivity contribution is -0.144. The van der Waals surface area contributed by atoms with E-state index in [2.05, 4.69) is 20.4 Å². The van der Waals surface area contributed by atoms with E-state index in [-0.39, 0.29) is 5.91 Å². The van der Waals surface area contributed by atoms with Crippen molar-refractivity contribution in [2.75, 3.05) is 19.6 Å². The first kappa shape index (κ1) is 17.3. The van der Waals surface area contributed by atoms with Gasteiger partial charge in [-0.25, -0.2) is 4.68 Å². The fraction of sp³-hybridized carbons (Fsp3) is 0.550. The van der Waals surface area contributed by atoms with Crippen LogP contribution in [0.5, 0.6) is 0 Å². The number of aromatic nitrogens is 4. The highest BCUT2D eigenvalue weighted by Gasteiger charge is 2.44. The SMILES string of the molecule is O=C(c1ccc(Cn2cnnn2)cc1)N1C[C@H]2C[C@@H](C1)[C@H]1CCCC(=O)N1C2. The number of hydrogen-bond donors (Lipinski definition) is 0. The second kappa shape index (κ2) is 7.00. The Hall–Kier alpha value is -2.77. The zero-order chi connectivity index (χ0) is 19.1. The molecule has 3 aliphatic rings. The van der Waals surface area contributed by atoms with Gasteiger partial charge < -0.3 is 9.80 Å². The molecule has 0 N–H and O–H groups in total. The van der Waals surface area contributed by atoms with E-state index in [4.69, 9.17) is 0 Å². The third kappa shape index (κ3) is 3.16. The minimum absolute atomic E-state index is 0.0965. The van der Waals surface area contributed by atoms with Gasteiger partial charge in [-0.1, -0.05) is 12.1 Å². The van der Waals surface area contributed by atoms with Gasteiger partial charge in [0.25, 0.3) is 5.91 Å². The number of fused-ring (bicyclic) bond motifs is 4. The molecule has 5 rings (SSSR count). The third-order valence-electron chi connectivity index (χ3n) is 6.40. The molecule has 8 heteroatoms. The van der Waals surface area contributed by atoms with E-state index in [1.807, 2.05) is 29.2 Å². The minimum atomic E-state index is 0.0965. The number of likely N-dealkylation sites (tertiary alicyclic amines) is 1. The monoisotopic (exact) mass is 380 g/mol. The Kier molecular flexibility index (Phi) is 4.33. The van der Waals surface area contributed by atoms with E-state index in [0.717, 1.165) is 50.0 Å². The van der Waals surface area contributed by atoms with Crippen LogP contribution in [-0.2, 0) is 11.3 Å². The summed E-state index contributed by atoms with van der Waals surface area (Å²) in [5.41, 5.74) is 1.77. The number of benzene rings is 1. The van der Waals surface area contributed by atoms with Crippen LogP contribution in [0.4, 0.5) is 0 Å². The molecule has 0 radical (unpaired) electrons. The van der Waals surface area contributed by atoms with Crippen molar-refractivity contribution in [3.63, 3.8) is 0 Å². The highest BCUT2D eigenvalue weighted by molar-refractivity contribution is 5.94. The maximum Gasteiger partial charge on any atom is 0.253 e. The molecule has 3 saturated heterocycles.